The van der Waals surface area contributed by atoms with Gasteiger partial charge in [0.1, 0.15) is 0 Å². The van der Waals surface area contributed by atoms with E-state index in [1.165, 1.54) is 0 Å². The molecule has 1 aromatic heterocycles. The SMILES string of the molecule is CCCOC(c1ccc(Cl)cc1)(c1ccc(Cl)cc1)[C@H](Oc1nc(C)cc(C)n1)C(=O)O. The molecule has 1 N–H and O–H groups in total. The first-order chi connectivity index (χ1) is 15.3. The summed E-state index contributed by atoms with van der Waals surface area (Å²) < 4.78 is 12.3. The van der Waals surface area contributed by atoms with Crippen LogP contribution in [0.5, 0.6) is 6.01 Å². The number of benzene rings is 2. The third kappa shape index (κ3) is 5.21. The highest BCUT2D eigenvalue weighted by Crippen LogP contribution is 2.40. The van der Waals surface area contributed by atoms with Crippen LogP contribution in [0.25, 0.3) is 0 Å². The van der Waals surface area contributed by atoms with Crippen molar-refractivity contribution >= 4 is 29.2 Å². The van der Waals surface area contributed by atoms with E-state index < -0.39 is 17.7 Å². The summed E-state index contributed by atoms with van der Waals surface area (Å²) in [6.07, 6.45) is -0.840. The molecule has 3 aromatic rings. The van der Waals surface area contributed by atoms with Crippen LogP contribution in [0, 0.1) is 13.8 Å². The van der Waals surface area contributed by atoms with Gasteiger partial charge in [0.2, 0.25) is 6.10 Å². The van der Waals surface area contributed by atoms with Gasteiger partial charge >= 0.3 is 12.0 Å². The second-order valence-corrected chi connectivity index (χ2v) is 8.24. The van der Waals surface area contributed by atoms with Gasteiger partial charge in [-0.1, -0.05) is 54.4 Å². The van der Waals surface area contributed by atoms with Gasteiger partial charge < -0.3 is 14.6 Å². The molecule has 6 nitrogen and oxygen atoms in total. The Balaban J connectivity index is 2.25. The minimum atomic E-state index is -1.52. The Morgan fingerprint density at radius 3 is 1.84 bits per heavy atom. The third-order valence-electron chi connectivity index (χ3n) is 4.86. The molecule has 8 heteroatoms. The van der Waals surface area contributed by atoms with Gasteiger partial charge in [0.05, 0.1) is 0 Å². The van der Waals surface area contributed by atoms with Crippen molar-refractivity contribution in [3.8, 4) is 6.01 Å². The lowest BCUT2D eigenvalue weighted by molar-refractivity contribution is -0.164. The van der Waals surface area contributed by atoms with Gasteiger partial charge in [-0.25, -0.2) is 14.8 Å². The molecular weight excluding hydrogens is 451 g/mol. The fraction of sp³-hybridized carbons (Fsp3) is 0.292. The smallest absolute Gasteiger partial charge is 0.348 e. The lowest BCUT2D eigenvalue weighted by Gasteiger charge is -2.39. The second-order valence-electron chi connectivity index (χ2n) is 7.37. The van der Waals surface area contributed by atoms with Crippen molar-refractivity contribution in [1.29, 1.82) is 0 Å². The van der Waals surface area contributed by atoms with E-state index in [-0.39, 0.29) is 12.6 Å². The Morgan fingerprint density at radius 1 is 0.969 bits per heavy atom. The summed E-state index contributed by atoms with van der Waals surface area (Å²) in [5.74, 6) is -1.23. The van der Waals surface area contributed by atoms with Crippen LogP contribution >= 0.6 is 23.2 Å². The molecule has 3 rings (SSSR count). The van der Waals surface area contributed by atoms with Crippen molar-refractivity contribution in [1.82, 2.24) is 9.97 Å². The first-order valence-corrected chi connectivity index (χ1v) is 10.9. The van der Waals surface area contributed by atoms with Gasteiger partial charge in [0, 0.05) is 28.0 Å². The van der Waals surface area contributed by atoms with E-state index in [0.29, 0.717) is 39.0 Å². The molecule has 0 unspecified atom stereocenters. The molecule has 0 fully saturated rings. The van der Waals surface area contributed by atoms with Crippen molar-refractivity contribution in [3.63, 3.8) is 0 Å². The van der Waals surface area contributed by atoms with Crippen LogP contribution in [0.2, 0.25) is 10.0 Å². The Morgan fingerprint density at radius 2 is 1.44 bits per heavy atom. The molecule has 0 spiro atoms. The number of carboxylic acids is 1. The van der Waals surface area contributed by atoms with E-state index in [2.05, 4.69) is 9.97 Å². The Labute approximate surface area is 197 Å². The summed E-state index contributed by atoms with van der Waals surface area (Å²) in [5, 5.41) is 11.4. The highest BCUT2D eigenvalue weighted by molar-refractivity contribution is 6.30. The van der Waals surface area contributed by atoms with Crippen molar-refractivity contribution in [2.24, 2.45) is 0 Å². The standard InChI is InChI=1S/C24H24Cl2N2O4/c1-4-13-31-24(17-5-9-19(25)10-6-17,18-7-11-20(26)12-8-18)21(22(29)30)32-23-27-15(2)14-16(3)28-23/h5-12,14,21H,4,13H2,1-3H3,(H,29,30)/t21-/m1/s1. The molecule has 0 amide bonds. The number of halogens is 2. The van der Waals surface area contributed by atoms with Crippen LogP contribution in [0.4, 0.5) is 0 Å². The van der Waals surface area contributed by atoms with Crippen LogP contribution in [-0.2, 0) is 15.1 Å². The van der Waals surface area contributed by atoms with E-state index in [0.717, 1.165) is 0 Å². The van der Waals surface area contributed by atoms with E-state index in [1.807, 2.05) is 6.92 Å². The maximum Gasteiger partial charge on any atom is 0.348 e. The average Bonchev–Trinajstić information content (AvgIpc) is 2.74. The molecule has 0 saturated carbocycles. The van der Waals surface area contributed by atoms with Crippen molar-refractivity contribution in [2.75, 3.05) is 6.61 Å². The first-order valence-electron chi connectivity index (χ1n) is 10.1. The van der Waals surface area contributed by atoms with Crippen molar-refractivity contribution < 1.29 is 19.4 Å². The van der Waals surface area contributed by atoms with E-state index in [4.69, 9.17) is 32.7 Å². The lowest BCUT2D eigenvalue weighted by atomic mass is 9.81. The number of carboxylic acid groups (broad SMARTS) is 1. The summed E-state index contributed by atoms with van der Waals surface area (Å²) in [5.41, 5.74) is 0.936. The highest BCUT2D eigenvalue weighted by Gasteiger charge is 2.50. The maximum atomic E-state index is 12.7. The monoisotopic (exact) mass is 474 g/mol. The number of hydrogen-bond donors (Lipinski definition) is 1. The van der Waals surface area contributed by atoms with E-state index in [1.54, 1.807) is 68.4 Å². The molecule has 0 aliphatic heterocycles. The Hall–Kier alpha value is -2.67. The molecule has 0 bridgehead atoms. The second kappa shape index (κ2) is 10.3. The number of hydrogen-bond acceptors (Lipinski definition) is 5. The van der Waals surface area contributed by atoms with Gasteiger partial charge in [0.25, 0.3) is 0 Å². The molecule has 0 aliphatic carbocycles. The summed E-state index contributed by atoms with van der Waals surface area (Å²) in [6, 6.07) is 15.4. The molecule has 0 aliphatic rings. The molecule has 1 heterocycles. The Bertz CT molecular complexity index is 1010. The predicted octanol–water partition coefficient (Wildman–Crippen LogP) is 5.60. The first kappa shape index (κ1) is 24.0. The summed E-state index contributed by atoms with van der Waals surface area (Å²) in [7, 11) is 0. The maximum absolute atomic E-state index is 12.7. The number of aryl methyl sites for hydroxylation is 2. The fourth-order valence-electron chi connectivity index (χ4n) is 3.53. The summed E-state index contributed by atoms with van der Waals surface area (Å²) in [4.78, 5) is 21.2. The summed E-state index contributed by atoms with van der Waals surface area (Å²) in [6.45, 7) is 5.80. The quantitative estimate of drug-likeness (QED) is 0.434. The highest BCUT2D eigenvalue weighted by atomic mass is 35.5. The zero-order valence-corrected chi connectivity index (χ0v) is 19.5. The minimum Gasteiger partial charge on any atom is -0.478 e. The molecule has 2 aromatic carbocycles. The van der Waals surface area contributed by atoms with Crippen LogP contribution in [-0.4, -0.2) is 33.8 Å². The van der Waals surface area contributed by atoms with Crippen LogP contribution < -0.4 is 4.74 Å². The van der Waals surface area contributed by atoms with Crippen LogP contribution in [0.1, 0.15) is 35.9 Å². The van der Waals surface area contributed by atoms with Crippen molar-refractivity contribution in [2.45, 2.75) is 38.9 Å². The Kier molecular flexibility index (Phi) is 7.72. The van der Waals surface area contributed by atoms with Gasteiger partial charge in [-0.3, -0.25) is 0 Å². The van der Waals surface area contributed by atoms with Gasteiger partial charge in [-0.15, -0.1) is 0 Å². The van der Waals surface area contributed by atoms with E-state index in [9.17, 15) is 9.90 Å². The van der Waals surface area contributed by atoms with Gasteiger partial charge in [-0.2, -0.15) is 0 Å². The number of aliphatic carboxylic acids is 1. The normalized spacial score (nSPS) is 12.4. The van der Waals surface area contributed by atoms with Crippen LogP contribution in [0.3, 0.4) is 0 Å². The van der Waals surface area contributed by atoms with Crippen LogP contribution in [0.15, 0.2) is 54.6 Å². The predicted molar refractivity (Wildman–Crippen MR) is 123 cm³/mol. The average molecular weight is 475 g/mol. The number of rotatable bonds is 9. The fourth-order valence-corrected chi connectivity index (χ4v) is 3.78. The molecule has 32 heavy (non-hydrogen) atoms. The molecule has 0 radical (unpaired) electrons. The number of nitrogens with zero attached hydrogens (tertiary/aromatic N) is 2. The largest absolute Gasteiger partial charge is 0.478 e. The summed E-state index contributed by atoms with van der Waals surface area (Å²) >= 11 is 12.2. The number of carbonyl (C=O) groups is 1. The van der Waals surface area contributed by atoms with Gasteiger partial charge in [-0.05, 0) is 61.7 Å². The van der Waals surface area contributed by atoms with Crippen molar-refractivity contribution in [3.05, 3.63) is 87.2 Å². The molecule has 168 valence electrons. The topological polar surface area (TPSA) is 81.5 Å². The molecular formula is C24H24Cl2N2O4. The van der Waals surface area contributed by atoms with E-state index >= 15 is 0 Å². The number of ether oxygens (including phenoxy) is 2. The zero-order chi connectivity index (χ0) is 23.3. The zero-order valence-electron chi connectivity index (χ0n) is 18.0. The van der Waals surface area contributed by atoms with Gasteiger partial charge in [0.15, 0.2) is 5.60 Å². The third-order valence-corrected chi connectivity index (χ3v) is 5.36. The minimum absolute atomic E-state index is 0.0395. The molecule has 0 saturated heterocycles. The lowest BCUT2D eigenvalue weighted by Crippen LogP contribution is -2.51. The molecule has 1 atom stereocenters. The number of aromatic nitrogens is 2.